The number of hydrogen-bond acceptors (Lipinski definition) is 2. The lowest BCUT2D eigenvalue weighted by atomic mass is 10.3. The highest BCUT2D eigenvalue weighted by molar-refractivity contribution is 6.33. The van der Waals surface area contributed by atoms with E-state index in [1.807, 2.05) is 12.1 Å². The van der Waals surface area contributed by atoms with Gasteiger partial charge in [0.15, 0.2) is 0 Å². The molecule has 1 amide bonds. The molecule has 0 aliphatic heterocycles. The third-order valence-electron chi connectivity index (χ3n) is 2.01. The molecule has 2 rings (SSSR count). The minimum absolute atomic E-state index is 0.156. The number of carbonyl (C=O) groups excluding carboxylic acids is 1. The Morgan fingerprint density at radius 1 is 1.38 bits per heavy atom. The van der Waals surface area contributed by atoms with Crippen LogP contribution in [0.3, 0.4) is 0 Å². The number of halogens is 1. The van der Waals surface area contributed by atoms with E-state index >= 15 is 0 Å². The maximum absolute atomic E-state index is 11.6. The van der Waals surface area contributed by atoms with Gasteiger partial charge >= 0.3 is 0 Å². The van der Waals surface area contributed by atoms with Crippen molar-refractivity contribution in [2.45, 2.75) is 6.54 Å². The maximum Gasteiger partial charge on any atom is 0.246 e. The van der Waals surface area contributed by atoms with Crippen molar-refractivity contribution >= 4 is 23.2 Å². The quantitative estimate of drug-likeness (QED) is 0.886. The van der Waals surface area contributed by atoms with E-state index in [0.29, 0.717) is 10.7 Å². The molecule has 0 atom stereocenters. The lowest BCUT2D eigenvalue weighted by Crippen LogP contribution is -2.19. The molecule has 0 aliphatic carbocycles. The number of aromatic nitrogens is 2. The lowest BCUT2D eigenvalue weighted by Gasteiger charge is -2.06. The molecule has 0 unspecified atom stereocenters. The van der Waals surface area contributed by atoms with Crippen molar-refractivity contribution < 1.29 is 4.79 Å². The second-order valence-corrected chi connectivity index (χ2v) is 3.64. The Morgan fingerprint density at radius 2 is 2.19 bits per heavy atom. The molecule has 0 bridgehead atoms. The molecule has 4 nitrogen and oxygen atoms in total. The van der Waals surface area contributed by atoms with Crippen LogP contribution in [0.2, 0.25) is 5.02 Å². The zero-order valence-electron chi connectivity index (χ0n) is 8.43. The van der Waals surface area contributed by atoms with Gasteiger partial charge in [-0.15, -0.1) is 0 Å². The fraction of sp³-hybridized carbons (Fsp3) is 0.0909. The summed E-state index contributed by atoms with van der Waals surface area (Å²) in [5.41, 5.74) is 0.612. The molecule has 82 valence electrons. The van der Waals surface area contributed by atoms with Crippen LogP contribution in [0.15, 0.2) is 42.7 Å². The second kappa shape index (κ2) is 4.81. The number of para-hydroxylation sites is 1. The van der Waals surface area contributed by atoms with E-state index in [4.69, 9.17) is 11.6 Å². The highest BCUT2D eigenvalue weighted by Crippen LogP contribution is 2.20. The van der Waals surface area contributed by atoms with Gasteiger partial charge in [-0.25, -0.2) is 0 Å². The number of benzene rings is 1. The molecule has 1 aromatic carbocycles. The zero-order chi connectivity index (χ0) is 11.4. The Bertz CT molecular complexity index is 482. The topological polar surface area (TPSA) is 46.9 Å². The molecule has 0 spiro atoms. The van der Waals surface area contributed by atoms with Crippen LogP contribution in [0.5, 0.6) is 0 Å². The summed E-state index contributed by atoms with van der Waals surface area (Å²) in [6.45, 7) is 0.179. The van der Waals surface area contributed by atoms with Gasteiger partial charge in [-0.05, 0) is 18.2 Å². The highest BCUT2D eigenvalue weighted by Gasteiger charge is 2.05. The first-order valence-electron chi connectivity index (χ1n) is 4.77. The number of amides is 1. The average molecular weight is 236 g/mol. The molecule has 0 radical (unpaired) electrons. The van der Waals surface area contributed by atoms with Crippen molar-refractivity contribution in [3.8, 4) is 0 Å². The number of carbonyl (C=O) groups is 1. The van der Waals surface area contributed by atoms with Crippen molar-refractivity contribution in [2.75, 3.05) is 5.32 Å². The Morgan fingerprint density at radius 3 is 2.88 bits per heavy atom. The van der Waals surface area contributed by atoms with E-state index in [0.717, 1.165) is 0 Å². The van der Waals surface area contributed by atoms with E-state index < -0.39 is 0 Å². The van der Waals surface area contributed by atoms with Gasteiger partial charge in [0.05, 0.1) is 10.7 Å². The smallest absolute Gasteiger partial charge is 0.246 e. The predicted octanol–water partition coefficient (Wildman–Crippen LogP) is 2.18. The fourth-order valence-corrected chi connectivity index (χ4v) is 1.48. The molecule has 0 aliphatic rings. The minimum Gasteiger partial charge on any atom is -0.323 e. The van der Waals surface area contributed by atoms with Crippen molar-refractivity contribution in [3.05, 3.63) is 47.7 Å². The van der Waals surface area contributed by atoms with Crippen LogP contribution in [0.1, 0.15) is 0 Å². The molecule has 2 aromatic rings. The van der Waals surface area contributed by atoms with E-state index in [1.165, 1.54) is 0 Å². The summed E-state index contributed by atoms with van der Waals surface area (Å²) in [5.74, 6) is -0.156. The molecule has 0 saturated carbocycles. The average Bonchev–Trinajstić information content (AvgIpc) is 2.74. The van der Waals surface area contributed by atoms with Gasteiger partial charge in [0, 0.05) is 12.4 Å². The largest absolute Gasteiger partial charge is 0.323 e. The Balaban J connectivity index is 2.00. The van der Waals surface area contributed by atoms with Crippen molar-refractivity contribution in [1.29, 1.82) is 0 Å². The monoisotopic (exact) mass is 235 g/mol. The molecular formula is C11H10ClN3O. The molecule has 0 saturated heterocycles. The van der Waals surface area contributed by atoms with Crippen molar-refractivity contribution in [2.24, 2.45) is 0 Å². The molecular weight excluding hydrogens is 226 g/mol. The summed E-state index contributed by atoms with van der Waals surface area (Å²) in [6.07, 6.45) is 3.36. The number of anilines is 1. The molecule has 16 heavy (non-hydrogen) atoms. The summed E-state index contributed by atoms with van der Waals surface area (Å²) < 4.78 is 1.55. The SMILES string of the molecule is O=C(Cn1cccn1)Nc1ccccc1Cl. The number of nitrogens with one attached hydrogen (secondary N) is 1. The summed E-state index contributed by atoms with van der Waals surface area (Å²) >= 11 is 5.91. The number of hydrogen-bond donors (Lipinski definition) is 1. The van der Waals surface area contributed by atoms with Gasteiger partial charge in [-0.2, -0.15) is 5.10 Å². The summed E-state index contributed by atoms with van der Waals surface area (Å²) in [4.78, 5) is 11.6. The van der Waals surface area contributed by atoms with Gasteiger partial charge in [0.2, 0.25) is 5.91 Å². The highest BCUT2D eigenvalue weighted by atomic mass is 35.5. The van der Waals surface area contributed by atoms with Crippen LogP contribution >= 0.6 is 11.6 Å². The summed E-state index contributed by atoms with van der Waals surface area (Å²) in [5, 5.41) is 7.18. The van der Waals surface area contributed by atoms with Crippen LogP contribution in [0.25, 0.3) is 0 Å². The number of rotatable bonds is 3. The van der Waals surface area contributed by atoms with E-state index in [9.17, 15) is 4.79 Å². The molecule has 1 N–H and O–H groups in total. The first-order chi connectivity index (χ1) is 7.75. The molecule has 1 aromatic heterocycles. The first-order valence-corrected chi connectivity index (χ1v) is 5.15. The Hall–Kier alpha value is -1.81. The van der Waals surface area contributed by atoms with Crippen LogP contribution in [0, 0.1) is 0 Å². The van der Waals surface area contributed by atoms with Gasteiger partial charge in [0.25, 0.3) is 0 Å². The van der Waals surface area contributed by atoms with Crippen LogP contribution in [-0.4, -0.2) is 15.7 Å². The fourth-order valence-electron chi connectivity index (χ4n) is 1.29. The summed E-state index contributed by atoms with van der Waals surface area (Å²) in [6, 6.07) is 8.87. The molecule has 1 heterocycles. The lowest BCUT2D eigenvalue weighted by molar-refractivity contribution is -0.116. The van der Waals surface area contributed by atoms with E-state index in [-0.39, 0.29) is 12.5 Å². The normalized spacial score (nSPS) is 10.1. The number of nitrogens with zero attached hydrogens (tertiary/aromatic N) is 2. The van der Waals surface area contributed by atoms with Gasteiger partial charge in [0.1, 0.15) is 6.54 Å². The second-order valence-electron chi connectivity index (χ2n) is 3.23. The van der Waals surface area contributed by atoms with Crippen molar-refractivity contribution in [1.82, 2.24) is 9.78 Å². The summed E-state index contributed by atoms with van der Waals surface area (Å²) in [7, 11) is 0. The molecule has 5 heteroatoms. The first kappa shape index (κ1) is 10.7. The Labute approximate surface area is 97.8 Å². The predicted molar refractivity (Wildman–Crippen MR) is 62.3 cm³/mol. The maximum atomic E-state index is 11.6. The third kappa shape index (κ3) is 2.61. The van der Waals surface area contributed by atoms with Crippen molar-refractivity contribution in [3.63, 3.8) is 0 Å². The minimum atomic E-state index is -0.156. The Kier molecular flexibility index (Phi) is 3.22. The van der Waals surface area contributed by atoms with Crippen LogP contribution < -0.4 is 5.32 Å². The third-order valence-corrected chi connectivity index (χ3v) is 2.34. The van der Waals surface area contributed by atoms with Crippen LogP contribution in [-0.2, 0) is 11.3 Å². The van der Waals surface area contributed by atoms with Gasteiger partial charge < -0.3 is 5.32 Å². The molecule has 0 fully saturated rings. The van der Waals surface area contributed by atoms with Crippen LogP contribution in [0.4, 0.5) is 5.69 Å². The van der Waals surface area contributed by atoms with E-state index in [2.05, 4.69) is 10.4 Å². The van der Waals surface area contributed by atoms with Gasteiger partial charge in [-0.3, -0.25) is 9.48 Å². The standard InChI is InChI=1S/C11H10ClN3O/c12-9-4-1-2-5-10(9)14-11(16)8-15-7-3-6-13-15/h1-7H,8H2,(H,14,16). The van der Waals surface area contributed by atoms with E-state index in [1.54, 1.807) is 35.3 Å². The van der Waals surface area contributed by atoms with Gasteiger partial charge in [-0.1, -0.05) is 23.7 Å². The zero-order valence-corrected chi connectivity index (χ0v) is 9.19.